The molecule has 0 N–H and O–H groups in total. The summed E-state index contributed by atoms with van der Waals surface area (Å²) in [5.41, 5.74) is 3.09. The second-order valence-corrected chi connectivity index (χ2v) is 9.42. The van der Waals surface area contributed by atoms with Crippen LogP contribution in [0.2, 0.25) is 0 Å². The van der Waals surface area contributed by atoms with E-state index in [0.717, 1.165) is 36.9 Å². The van der Waals surface area contributed by atoms with Crippen LogP contribution in [0.3, 0.4) is 0 Å². The van der Waals surface area contributed by atoms with Crippen molar-refractivity contribution in [3.63, 3.8) is 0 Å². The molecule has 0 unspecified atom stereocenters. The van der Waals surface area contributed by atoms with Gasteiger partial charge in [-0.15, -0.1) is 0 Å². The standard InChI is InChI=1S/C20H26N4O3S/c1-15-20(28(26,27)22-11-6-3-7-12-22)16(2)24(21-15)14-19(25)23-13-10-17-8-4-5-9-18(17)23/h4-5,8-9H,3,6-7,10-14H2,1-2H3. The Hall–Kier alpha value is -2.19. The van der Waals surface area contributed by atoms with Crippen LogP contribution in [-0.2, 0) is 27.8 Å². The maximum Gasteiger partial charge on any atom is 0.248 e. The predicted molar refractivity (Wildman–Crippen MR) is 107 cm³/mol. The number of rotatable bonds is 4. The van der Waals surface area contributed by atoms with Crippen molar-refractivity contribution in [3.8, 4) is 0 Å². The molecule has 0 aliphatic carbocycles. The van der Waals surface area contributed by atoms with Crippen molar-refractivity contribution in [1.82, 2.24) is 14.1 Å². The number of para-hydroxylation sites is 1. The average Bonchev–Trinajstić information content (AvgIpc) is 3.23. The summed E-state index contributed by atoms with van der Waals surface area (Å²) < 4.78 is 29.3. The summed E-state index contributed by atoms with van der Waals surface area (Å²) in [6, 6.07) is 7.89. The monoisotopic (exact) mass is 402 g/mol. The second-order valence-electron chi connectivity index (χ2n) is 7.55. The van der Waals surface area contributed by atoms with Gasteiger partial charge in [-0.1, -0.05) is 24.6 Å². The van der Waals surface area contributed by atoms with Crippen LogP contribution in [0.15, 0.2) is 29.2 Å². The van der Waals surface area contributed by atoms with Crippen molar-refractivity contribution >= 4 is 21.6 Å². The quantitative estimate of drug-likeness (QED) is 0.786. The molecule has 0 bridgehead atoms. The fourth-order valence-corrected chi connectivity index (χ4v) is 6.14. The molecular formula is C20H26N4O3S. The van der Waals surface area contributed by atoms with Crippen LogP contribution in [0.25, 0.3) is 0 Å². The lowest BCUT2D eigenvalue weighted by Gasteiger charge is -2.26. The molecule has 0 spiro atoms. The third-order valence-corrected chi connectivity index (χ3v) is 7.85. The number of fused-ring (bicyclic) bond motifs is 1. The highest BCUT2D eigenvalue weighted by Gasteiger charge is 2.32. The van der Waals surface area contributed by atoms with Crippen LogP contribution >= 0.6 is 0 Å². The van der Waals surface area contributed by atoms with E-state index < -0.39 is 10.0 Å². The van der Waals surface area contributed by atoms with Crippen molar-refractivity contribution in [2.24, 2.45) is 0 Å². The molecule has 0 atom stereocenters. The number of sulfonamides is 1. The zero-order valence-electron chi connectivity index (χ0n) is 16.4. The molecule has 1 aromatic carbocycles. The minimum absolute atomic E-state index is 0.0382. The molecule has 2 aliphatic heterocycles. The molecule has 28 heavy (non-hydrogen) atoms. The van der Waals surface area contributed by atoms with Gasteiger partial charge in [-0.2, -0.15) is 9.40 Å². The Morgan fingerprint density at radius 2 is 1.79 bits per heavy atom. The molecule has 0 radical (unpaired) electrons. The first kappa shape index (κ1) is 19.1. The van der Waals surface area contributed by atoms with Gasteiger partial charge in [0.2, 0.25) is 15.9 Å². The second kappa shape index (κ2) is 7.33. The van der Waals surface area contributed by atoms with Gasteiger partial charge in [0, 0.05) is 25.3 Å². The maximum atomic E-state index is 13.1. The molecule has 4 rings (SSSR count). The summed E-state index contributed by atoms with van der Waals surface area (Å²) in [5.74, 6) is -0.0718. The summed E-state index contributed by atoms with van der Waals surface area (Å²) in [6.45, 7) is 5.23. The van der Waals surface area contributed by atoms with Gasteiger partial charge in [0.1, 0.15) is 11.4 Å². The lowest BCUT2D eigenvalue weighted by molar-refractivity contribution is -0.119. The SMILES string of the molecule is Cc1nn(CC(=O)N2CCc3ccccc32)c(C)c1S(=O)(=O)N1CCCCC1. The first-order valence-corrected chi connectivity index (χ1v) is 11.3. The van der Waals surface area contributed by atoms with Gasteiger partial charge in [0.25, 0.3) is 0 Å². The van der Waals surface area contributed by atoms with E-state index in [-0.39, 0.29) is 17.3 Å². The normalized spacial score (nSPS) is 17.7. The van der Waals surface area contributed by atoms with E-state index in [1.54, 1.807) is 23.1 Å². The molecule has 8 heteroatoms. The maximum absolute atomic E-state index is 13.1. The van der Waals surface area contributed by atoms with Gasteiger partial charge >= 0.3 is 0 Å². The zero-order chi connectivity index (χ0) is 19.9. The molecule has 2 aliphatic rings. The minimum atomic E-state index is -3.58. The van der Waals surface area contributed by atoms with Crippen molar-refractivity contribution < 1.29 is 13.2 Å². The van der Waals surface area contributed by atoms with Gasteiger partial charge in [0.05, 0.1) is 11.4 Å². The Morgan fingerprint density at radius 3 is 2.54 bits per heavy atom. The minimum Gasteiger partial charge on any atom is -0.310 e. The first-order valence-electron chi connectivity index (χ1n) is 9.82. The molecule has 1 saturated heterocycles. The highest BCUT2D eigenvalue weighted by atomic mass is 32.2. The first-order chi connectivity index (χ1) is 13.4. The molecule has 0 saturated carbocycles. The zero-order valence-corrected chi connectivity index (χ0v) is 17.2. The molecular weight excluding hydrogens is 376 g/mol. The van der Waals surface area contributed by atoms with Crippen molar-refractivity contribution in [2.45, 2.75) is 51.0 Å². The average molecular weight is 403 g/mol. The number of hydrogen-bond donors (Lipinski definition) is 0. The topological polar surface area (TPSA) is 75.5 Å². The van der Waals surface area contributed by atoms with Crippen LogP contribution in [-0.4, -0.2) is 48.0 Å². The lowest BCUT2D eigenvalue weighted by atomic mass is 10.2. The lowest BCUT2D eigenvalue weighted by Crippen LogP contribution is -2.36. The summed E-state index contributed by atoms with van der Waals surface area (Å²) in [4.78, 5) is 14.9. The number of aryl methyl sites for hydroxylation is 1. The Labute approximate surface area is 166 Å². The number of piperidine rings is 1. The molecule has 1 amide bonds. The van der Waals surface area contributed by atoms with E-state index in [4.69, 9.17) is 0 Å². The van der Waals surface area contributed by atoms with E-state index in [9.17, 15) is 13.2 Å². The van der Waals surface area contributed by atoms with Crippen LogP contribution in [0, 0.1) is 13.8 Å². The molecule has 3 heterocycles. The molecule has 2 aromatic rings. The van der Waals surface area contributed by atoms with Crippen LogP contribution in [0.5, 0.6) is 0 Å². The fourth-order valence-electron chi connectivity index (χ4n) is 4.25. The van der Waals surface area contributed by atoms with Gasteiger partial charge < -0.3 is 4.90 Å². The molecule has 150 valence electrons. The number of carbonyl (C=O) groups is 1. The van der Waals surface area contributed by atoms with E-state index >= 15 is 0 Å². The van der Waals surface area contributed by atoms with E-state index in [0.29, 0.717) is 31.0 Å². The number of amides is 1. The Bertz CT molecular complexity index is 1010. The number of anilines is 1. The third-order valence-electron chi connectivity index (χ3n) is 5.70. The van der Waals surface area contributed by atoms with Crippen LogP contribution < -0.4 is 4.90 Å². The van der Waals surface area contributed by atoms with Gasteiger partial charge in [0.15, 0.2) is 0 Å². The van der Waals surface area contributed by atoms with Crippen molar-refractivity contribution in [3.05, 3.63) is 41.2 Å². The number of carbonyl (C=O) groups excluding carboxylic acids is 1. The third kappa shape index (κ3) is 3.24. The summed E-state index contributed by atoms with van der Waals surface area (Å²) in [6.07, 6.45) is 3.68. The predicted octanol–water partition coefficient (Wildman–Crippen LogP) is 2.26. The molecule has 7 nitrogen and oxygen atoms in total. The largest absolute Gasteiger partial charge is 0.310 e. The smallest absolute Gasteiger partial charge is 0.248 e. The van der Waals surface area contributed by atoms with Crippen molar-refractivity contribution in [1.29, 1.82) is 0 Å². The number of nitrogens with zero attached hydrogens (tertiary/aromatic N) is 4. The number of benzene rings is 1. The molecule has 1 fully saturated rings. The highest BCUT2D eigenvalue weighted by molar-refractivity contribution is 7.89. The van der Waals surface area contributed by atoms with E-state index in [1.165, 1.54) is 4.68 Å². The fraction of sp³-hybridized carbons (Fsp3) is 0.500. The summed E-state index contributed by atoms with van der Waals surface area (Å²) in [7, 11) is -3.58. The Morgan fingerprint density at radius 1 is 1.07 bits per heavy atom. The summed E-state index contributed by atoms with van der Waals surface area (Å²) >= 11 is 0. The molecule has 1 aromatic heterocycles. The highest BCUT2D eigenvalue weighted by Crippen LogP contribution is 2.29. The van der Waals surface area contributed by atoms with Crippen LogP contribution in [0.4, 0.5) is 5.69 Å². The Balaban J connectivity index is 1.59. The van der Waals surface area contributed by atoms with Gasteiger partial charge in [-0.05, 0) is 44.7 Å². The summed E-state index contributed by atoms with van der Waals surface area (Å²) in [5, 5.41) is 4.40. The number of hydrogen-bond acceptors (Lipinski definition) is 4. The van der Waals surface area contributed by atoms with Crippen molar-refractivity contribution in [2.75, 3.05) is 24.5 Å². The van der Waals surface area contributed by atoms with Gasteiger partial charge in [-0.25, -0.2) is 8.42 Å². The Kier molecular flexibility index (Phi) is 5.01. The van der Waals surface area contributed by atoms with E-state index in [2.05, 4.69) is 5.10 Å². The van der Waals surface area contributed by atoms with E-state index in [1.807, 2.05) is 24.3 Å². The number of aromatic nitrogens is 2. The van der Waals surface area contributed by atoms with Gasteiger partial charge in [-0.3, -0.25) is 9.48 Å². The van der Waals surface area contributed by atoms with Crippen LogP contribution in [0.1, 0.15) is 36.2 Å².